The zero-order valence-corrected chi connectivity index (χ0v) is 11.6. The van der Waals surface area contributed by atoms with Gasteiger partial charge in [0.15, 0.2) is 5.69 Å². The summed E-state index contributed by atoms with van der Waals surface area (Å²) in [7, 11) is 1.72. The largest absolute Gasteiger partial charge is 0.507 e. The number of hydrogen-bond acceptors (Lipinski definition) is 4. The minimum Gasteiger partial charge on any atom is -0.507 e. The van der Waals surface area contributed by atoms with Crippen LogP contribution >= 0.6 is 15.9 Å². The highest BCUT2D eigenvalue weighted by Crippen LogP contribution is 2.14. The Hall–Kier alpha value is -2.15. The van der Waals surface area contributed by atoms with Crippen molar-refractivity contribution in [3.63, 3.8) is 0 Å². The zero-order valence-electron chi connectivity index (χ0n) is 10.0. The Kier molecular flexibility index (Phi) is 3.96. The molecule has 6 nitrogen and oxygen atoms in total. The van der Waals surface area contributed by atoms with Gasteiger partial charge in [0.05, 0.1) is 10.7 Å². The van der Waals surface area contributed by atoms with Gasteiger partial charge >= 0.3 is 0 Å². The summed E-state index contributed by atoms with van der Waals surface area (Å²) in [6.07, 6.45) is 3.03. The van der Waals surface area contributed by atoms with E-state index in [1.165, 1.54) is 10.9 Å². The predicted octanol–water partition coefficient (Wildman–Crippen LogP) is 1.65. The first-order chi connectivity index (χ1) is 9.08. The number of aryl methyl sites for hydroxylation is 1. The van der Waals surface area contributed by atoms with Crippen LogP contribution in [0.1, 0.15) is 16.1 Å². The van der Waals surface area contributed by atoms with E-state index in [-0.39, 0.29) is 11.4 Å². The molecule has 0 aliphatic heterocycles. The summed E-state index contributed by atoms with van der Waals surface area (Å²) in [5, 5.41) is 17.3. The Labute approximate surface area is 117 Å². The Morgan fingerprint density at radius 3 is 2.89 bits per heavy atom. The van der Waals surface area contributed by atoms with Crippen LogP contribution in [0.2, 0.25) is 0 Å². The molecule has 2 aromatic rings. The van der Waals surface area contributed by atoms with Crippen LogP contribution in [0.4, 0.5) is 0 Å². The number of nitrogens with zero attached hydrogens (tertiary/aromatic N) is 3. The molecular formula is C12H11BrN4O2. The van der Waals surface area contributed by atoms with Gasteiger partial charge in [-0.15, -0.1) is 0 Å². The van der Waals surface area contributed by atoms with Gasteiger partial charge in [-0.05, 0) is 28.1 Å². The molecule has 0 spiro atoms. The average Bonchev–Trinajstić information content (AvgIpc) is 2.71. The Balaban J connectivity index is 2.05. The Bertz CT molecular complexity index is 636. The number of aromatic hydroxyl groups is 1. The molecule has 1 aromatic heterocycles. The molecule has 0 atom stereocenters. The number of carbonyl (C=O) groups excluding carboxylic acids is 1. The van der Waals surface area contributed by atoms with Crippen molar-refractivity contribution in [1.29, 1.82) is 0 Å². The third kappa shape index (κ3) is 3.19. The van der Waals surface area contributed by atoms with E-state index in [9.17, 15) is 9.90 Å². The molecule has 1 aromatic carbocycles. The maximum atomic E-state index is 11.8. The highest BCUT2D eigenvalue weighted by Gasteiger charge is 2.13. The summed E-state index contributed by atoms with van der Waals surface area (Å²) in [6, 6.07) is 6.69. The molecule has 0 saturated heterocycles. The predicted molar refractivity (Wildman–Crippen MR) is 74.1 cm³/mol. The molecule has 2 rings (SSSR count). The first-order valence-electron chi connectivity index (χ1n) is 5.38. The molecular weight excluding hydrogens is 312 g/mol. The number of amides is 1. The quantitative estimate of drug-likeness (QED) is 0.666. The van der Waals surface area contributed by atoms with E-state index in [1.54, 1.807) is 37.5 Å². The number of hydrazone groups is 1. The lowest BCUT2D eigenvalue weighted by atomic mass is 10.2. The van der Waals surface area contributed by atoms with E-state index >= 15 is 0 Å². The third-order valence-corrected chi connectivity index (χ3v) is 2.89. The molecule has 1 heterocycles. The molecule has 0 unspecified atom stereocenters. The molecule has 1 amide bonds. The molecule has 0 fully saturated rings. The molecule has 0 radical (unpaired) electrons. The summed E-state index contributed by atoms with van der Waals surface area (Å²) in [5.74, 6) is -0.335. The molecule has 98 valence electrons. The van der Waals surface area contributed by atoms with E-state index in [2.05, 4.69) is 31.6 Å². The number of benzene rings is 1. The lowest BCUT2D eigenvalue weighted by molar-refractivity contribution is 0.0948. The molecule has 0 saturated carbocycles. The monoisotopic (exact) mass is 322 g/mol. The minimum atomic E-state index is -0.431. The number of nitrogens with one attached hydrogen (secondary N) is 1. The van der Waals surface area contributed by atoms with Crippen molar-refractivity contribution in [2.24, 2.45) is 12.1 Å². The van der Waals surface area contributed by atoms with Crippen molar-refractivity contribution in [3.05, 3.63) is 46.2 Å². The highest BCUT2D eigenvalue weighted by molar-refractivity contribution is 9.10. The smallest absolute Gasteiger partial charge is 0.293 e. The fraction of sp³-hybridized carbons (Fsp3) is 0.0833. The summed E-state index contributed by atoms with van der Waals surface area (Å²) in [6.45, 7) is 0. The van der Waals surface area contributed by atoms with Crippen molar-refractivity contribution >= 4 is 28.1 Å². The molecule has 0 aliphatic rings. The lowest BCUT2D eigenvalue weighted by Gasteiger charge is -1.98. The van der Waals surface area contributed by atoms with Crippen LogP contribution in [-0.4, -0.2) is 27.0 Å². The second-order valence-corrected chi connectivity index (χ2v) is 4.61. The van der Waals surface area contributed by atoms with Crippen LogP contribution in [-0.2, 0) is 7.05 Å². The number of phenols is 1. The van der Waals surface area contributed by atoms with Gasteiger partial charge in [-0.25, -0.2) is 5.43 Å². The standard InChI is InChI=1S/C12H11BrN4O2/c1-17-7-9(13)11(16-17)12(19)15-14-6-8-4-2-3-5-10(8)18/h2-7,18H,1H3,(H,15,19)/b14-6+. The summed E-state index contributed by atoms with van der Waals surface area (Å²) in [5.41, 5.74) is 3.11. The van der Waals surface area contributed by atoms with Gasteiger partial charge in [-0.1, -0.05) is 12.1 Å². The van der Waals surface area contributed by atoms with E-state index in [0.29, 0.717) is 10.0 Å². The number of hydrogen-bond donors (Lipinski definition) is 2. The van der Waals surface area contributed by atoms with E-state index in [1.807, 2.05) is 0 Å². The normalized spacial score (nSPS) is 10.8. The highest BCUT2D eigenvalue weighted by atomic mass is 79.9. The fourth-order valence-corrected chi connectivity index (χ4v) is 1.98. The van der Waals surface area contributed by atoms with Gasteiger partial charge in [-0.2, -0.15) is 10.2 Å². The number of phenolic OH excluding ortho intramolecular Hbond substituents is 1. The maximum absolute atomic E-state index is 11.8. The van der Waals surface area contributed by atoms with Crippen molar-refractivity contribution in [2.75, 3.05) is 0 Å². The molecule has 7 heteroatoms. The summed E-state index contributed by atoms with van der Waals surface area (Å²) >= 11 is 3.23. The Morgan fingerprint density at radius 2 is 2.26 bits per heavy atom. The van der Waals surface area contributed by atoms with Crippen LogP contribution in [0.25, 0.3) is 0 Å². The molecule has 0 aliphatic carbocycles. The van der Waals surface area contributed by atoms with E-state index < -0.39 is 5.91 Å². The third-order valence-electron chi connectivity index (χ3n) is 2.31. The topological polar surface area (TPSA) is 79.5 Å². The second-order valence-electron chi connectivity index (χ2n) is 3.76. The number of halogens is 1. The van der Waals surface area contributed by atoms with Crippen LogP contribution < -0.4 is 5.43 Å². The number of para-hydroxylation sites is 1. The first kappa shape index (κ1) is 13.3. The van der Waals surface area contributed by atoms with Crippen molar-refractivity contribution < 1.29 is 9.90 Å². The van der Waals surface area contributed by atoms with Crippen molar-refractivity contribution in [2.45, 2.75) is 0 Å². The lowest BCUT2D eigenvalue weighted by Crippen LogP contribution is -2.18. The van der Waals surface area contributed by atoms with Gasteiger partial charge in [0.25, 0.3) is 5.91 Å². The summed E-state index contributed by atoms with van der Waals surface area (Å²) < 4.78 is 2.11. The Morgan fingerprint density at radius 1 is 1.53 bits per heavy atom. The second kappa shape index (κ2) is 5.66. The first-order valence-corrected chi connectivity index (χ1v) is 6.18. The van der Waals surface area contributed by atoms with Crippen LogP contribution in [0.5, 0.6) is 5.75 Å². The van der Waals surface area contributed by atoms with Gasteiger partial charge < -0.3 is 5.11 Å². The molecule has 0 bridgehead atoms. The summed E-state index contributed by atoms with van der Waals surface area (Å²) in [4.78, 5) is 11.8. The maximum Gasteiger partial charge on any atom is 0.293 e. The van der Waals surface area contributed by atoms with Crippen molar-refractivity contribution in [1.82, 2.24) is 15.2 Å². The van der Waals surface area contributed by atoms with Gasteiger partial charge in [0.1, 0.15) is 5.75 Å². The molecule has 2 N–H and O–H groups in total. The van der Waals surface area contributed by atoms with Crippen LogP contribution in [0, 0.1) is 0 Å². The number of aromatic nitrogens is 2. The SMILES string of the molecule is Cn1cc(Br)c(C(=O)N/N=C/c2ccccc2O)n1. The fourth-order valence-electron chi connectivity index (χ4n) is 1.42. The van der Waals surface area contributed by atoms with Crippen LogP contribution in [0.3, 0.4) is 0 Å². The molecule has 19 heavy (non-hydrogen) atoms. The minimum absolute atomic E-state index is 0.0968. The van der Waals surface area contributed by atoms with Gasteiger partial charge in [0, 0.05) is 18.8 Å². The number of rotatable bonds is 3. The van der Waals surface area contributed by atoms with Crippen LogP contribution in [0.15, 0.2) is 40.0 Å². The van der Waals surface area contributed by atoms with E-state index in [4.69, 9.17) is 0 Å². The van der Waals surface area contributed by atoms with Gasteiger partial charge in [-0.3, -0.25) is 9.48 Å². The van der Waals surface area contributed by atoms with E-state index in [0.717, 1.165) is 0 Å². The van der Waals surface area contributed by atoms with Gasteiger partial charge in [0.2, 0.25) is 0 Å². The number of carbonyl (C=O) groups is 1. The average molecular weight is 323 g/mol. The van der Waals surface area contributed by atoms with Crippen molar-refractivity contribution in [3.8, 4) is 5.75 Å². The zero-order chi connectivity index (χ0) is 13.8.